The van der Waals surface area contributed by atoms with Crippen LogP contribution in [0.25, 0.3) is 11.0 Å². The third kappa shape index (κ3) is 1.80. The molecule has 0 atom stereocenters. The molecule has 0 saturated carbocycles. The van der Waals surface area contributed by atoms with Gasteiger partial charge < -0.3 is 9.15 Å². The average molecular weight is 189 g/mol. The van der Waals surface area contributed by atoms with Crippen molar-refractivity contribution in [3.8, 4) is 0 Å². The zero-order valence-corrected chi connectivity index (χ0v) is 8.03. The number of fused-ring (bicyclic) bond motifs is 1. The van der Waals surface area contributed by atoms with Gasteiger partial charge in [0.05, 0.1) is 13.4 Å². The quantitative estimate of drug-likeness (QED) is 0.689. The summed E-state index contributed by atoms with van der Waals surface area (Å²) in [4.78, 5) is 0. The van der Waals surface area contributed by atoms with Crippen LogP contribution in [0.5, 0.6) is 0 Å². The number of hydrogen-bond acceptors (Lipinski definition) is 2. The lowest BCUT2D eigenvalue weighted by Crippen LogP contribution is -1.90. The van der Waals surface area contributed by atoms with Gasteiger partial charge in [-0.2, -0.15) is 0 Å². The van der Waals surface area contributed by atoms with Crippen molar-refractivity contribution in [1.29, 1.82) is 0 Å². The number of para-hydroxylation sites is 1. The zero-order valence-electron chi connectivity index (χ0n) is 8.03. The molecule has 0 aliphatic carbocycles. The van der Waals surface area contributed by atoms with E-state index in [1.54, 1.807) is 0 Å². The van der Waals surface area contributed by atoms with Crippen LogP contribution in [0.3, 0.4) is 0 Å². The van der Waals surface area contributed by atoms with Gasteiger partial charge in [-0.15, -0.1) is 0 Å². The molecule has 14 heavy (non-hydrogen) atoms. The second kappa shape index (κ2) is 4.29. The van der Waals surface area contributed by atoms with Crippen molar-refractivity contribution in [2.24, 2.45) is 0 Å². The Labute approximate surface area is 83.5 Å². The van der Waals surface area contributed by atoms with Gasteiger partial charge in [-0.25, -0.2) is 0 Å². The topological polar surface area (TPSA) is 22.4 Å². The number of furan rings is 1. The molecule has 0 N–H and O–H groups in total. The van der Waals surface area contributed by atoms with Crippen LogP contribution in [0.15, 0.2) is 34.9 Å². The van der Waals surface area contributed by atoms with E-state index in [0.717, 1.165) is 18.4 Å². The van der Waals surface area contributed by atoms with Gasteiger partial charge in [0.25, 0.3) is 0 Å². The van der Waals surface area contributed by atoms with Crippen molar-refractivity contribution in [2.75, 3.05) is 6.61 Å². The monoisotopic (exact) mass is 189 g/mol. The third-order valence-electron chi connectivity index (χ3n) is 2.30. The zero-order chi connectivity index (χ0) is 9.80. The van der Waals surface area contributed by atoms with Crippen molar-refractivity contribution in [1.82, 2.24) is 0 Å². The minimum absolute atomic E-state index is 0.694. The van der Waals surface area contributed by atoms with Gasteiger partial charge in [0, 0.05) is 12.0 Å². The van der Waals surface area contributed by atoms with Crippen molar-refractivity contribution in [3.63, 3.8) is 0 Å². The van der Waals surface area contributed by atoms with Crippen LogP contribution >= 0.6 is 0 Å². The molecule has 0 aliphatic rings. The Morgan fingerprint density at radius 1 is 1.29 bits per heavy atom. The second-order valence-electron chi connectivity index (χ2n) is 3.27. The summed E-state index contributed by atoms with van der Waals surface area (Å²) in [6.07, 6.45) is 3.79. The van der Waals surface area contributed by atoms with Crippen LogP contribution in [-0.4, -0.2) is 6.61 Å². The minimum atomic E-state index is 0.694. The molecule has 0 spiro atoms. The van der Waals surface area contributed by atoms with Crippen LogP contribution in [0, 0.1) is 7.11 Å². The first kappa shape index (κ1) is 9.28. The van der Waals surface area contributed by atoms with Crippen molar-refractivity contribution in [3.05, 3.63) is 43.2 Å². The van der Waals surface area contributed by atoms with Gasteiger partial charge >= 0.3 is 0 Å². The van der Waals surface area contributed by atoms with E-state index >= 15 is 0 Å². The summed E-state index contributed by atoms with van der Waals surface area (Å²) in [6, 6.07) is 8.07. The SMILES string of the molecule is [CH2]OCCCc1coc2ccccc12. The van der Waals surface area contributed by atoms with E-state index in [2.05, 4.69) is 13.2 Å². The molecule has 1 radical (unpaired) electrons. The molecule has 0 amide bonds. The first-order valence-corrected chi connectivity index (χ1v) is 4.74. The van der Waals surface area contributed by atoms with Crippen molar-refractivity contribution in [2.45, 2.75) is 12.8 Å². The number of ether oxygens (including phenoxy) is 1. The maximum absolute atomic E-state index is 5.42. The maximum Gasteiger partial charge on any atom is 0.134 e. The molecule has 0 bridgehead atoms. The van der Waals surface area contributed by atoms with Gasteiger partial charge in [-0.1, -0.05) is 18.2 Å². The summed E-state index contributed by atoms with van der Waals surface area (Å²) in [5.74, 6) is 0. The molecule has 0 saturated heterocycles. The molecular formula is C12H13O2. The van der Waals surface area contributed by atoms with E-state index in [1.165, 1.54) is 10.9 Å². The number of rotatable bonds is 4. The molecule has 1 aromatic carbocycles. The van der Waals surface area contributed by atoms with Gasteiger partial charge in [-0.05, 0) is 24.5 Å². The van der Waals surface area contributed by atoms with E-state index in [4.69, 9.17) is 9.15 Å². The molecule has 1 heterocycles. The Hall–Kier alpha value is -1.28. The first-order chi connectivity index (χ1) is 6.92. The van der Waals surface area contributed by atoms with Crippen LogP contribution in [0.1, 0.15) is 12.0 Å². The Bertz CT molecular complexity index is 403. The van der Waals surface area contributed by atoms with Crippen molar-refractivity contribution < 1.29 is 9.15 Å². The molecule has 0 unspecified atom stereocenters. The van der Waals surface area contributed by atoms with E-state index in [1.807, 2.05) is 24.5 Å². The van der Waals surface area contributed by atoms with Crippen LogP contribution in [0.2, 0.25) is 0 Å². The highest BCUT2D eigenvalue weighted by Gasteiger charge is 2.03. The molecule has 73 valence electrons. The predicted octanol–water partition coefficient (Wildman–Crippen LogP) is 3.17. The van der Waals surface area contributed by atoms with Crippen LogP contribution < -0.4 is 0 Å². The lowest BCUT2D eigenvalue weighted by molar-refractivity contribution is 0.238. The number of hydrogen-bond donors (Lipinski definition) is 0. The Morgan fingerprint density at radius 2 is 2.14 bits per heavy atom. The van der Waals surface area contributed by atoms with Gasteiger partial charge in [0.1, 0.15) is 5.58 Å². The maximum atomic E-state index is 5.42. The first-order valence-electron chi connectivity index (χ1n) is 4.74. The highest BCUT2D eigenvalue weighted by atomic mass is 16.5. The third-order valence-corrected chi connectivity index (χ3v) is 2.30. The summed E-state index contributed by atoms with van der Waals surface area (Å²) >= 11 is 0. The summed E-state index contributed by atoms with van der Waals surface area (Å²) in [5, 5.41) is 1.21. The summed E-state index contributed by atoms with van der Waals surface area (Å²) < 4.78 is 10.2. The molecule has 0 aliphatic heterocycles. The van der Waals surface area contributed by atoms with Gasteiger partial charge in [0.15, 0.2) is 0 Å². The summed E-state index contributed by atoms with van der Waals surface area (Å²) in [6.45, 7) is 0.694. The molecule has 2 aromatic rings. The lowest BCUT2D eigenvalue weighted by Gasteiger charge is -1.97. The van der Waals surface area contributed by atoms with Gasteiger partial charge in [0.2, 0.25) is 0 Å². The van der Waals surface area contributed by atoms with E-state index in [-0.39, 0.29) is 0 Å². The highest BCUT2D eigenvalue weighted by Crippen LogP contribution is 2.21. The number of benzene rings is 1. The van der Waals surface area contributed by atoms with Crippen molar-refractivity contribution >= 4 is 11.0 Å². The average Bonchev–Trinajstić information content (AvgIpc) is 2.63. The largest absolute Gasteiger partial charge is 0.464 e. The van der Waals surface area contributed by atoms with Crippen LogP contribution in [0.4, 0.5) is 0 Å². The van der Waals surface area contributed by atoms with Crippen LogP contribution in [-0.2, 0) is 11.2 Å². The van der Waals surface area contributed by atoms with E-state index in [9.17, 15) is 0 Å². The molecule has 2 heteroatoms. The normalized spacial score (nSPS) is 10.9. The molecule has 0 fully saturated rings. The predicted molar refractivity (Wildman–Crippen MR) is 55.8 cm³/mol. The summed E-state index contributed by atoms with van der Waals surface area (Å²) in [5.41, 5.74) is 2.20. The van der Waals surface area contributed by atoms with E-state index in [0.29, 0.717) is 6.61 Å². The molecule has 2 nitrogen and oxygen atoms in total. The van der Waals surface area contributed by atoms with E-state index < -0.39 is 0 Å². The fourth-order valence-electron chi connectivity index (χ4n) is 1.59. The standard InChI is InChI=1S/C12H13O2/c1-13-8-4-5-10-9-14-12-7-3-2-6-11(10)12/h2-3,6-7,9H,1,4-5,8H2. The molecular weight excluding hydrogens is 176 g/mol. The molecule has 2 rings (SSSR count). The van der Waals surface area contributed by atoms with Gasteiger partial charge in [-0.3, -0.25) is 0 Å². The highest BCUT2D eigenvalue weighted by molar-refractivity contribution is 5.80. The Morgan fingerprint density at radius 3 is 3.00 bits per heavy atom. The Balaban J connectivity index is 2.17. The second-order valence-corrected chi connectivity index (χ2v) is 3.27. The fraction of sp³-hybridized carbons (Fsp3) is 0.250. The lowest BCUT2D eigenvalue weighted by atomic mass is 10.1. The molecule has 1 aromatic heterocycles. The Kier molecular flexibility index (Phi) is 2.84. The fourth-order valence-corrected chi connectivity index (χ4v) is 1.59. The smallest absolute Gasteiger partial charge is 0.134 e. The minimum Gasteiger partial charge on any atom is -0.464 e. The summed E-state index contributed by atoms with van der Waals surface area (Å²) in [7, 11) is 3.34. The number of aryl methyl sites for hydroxylation is 1.